The average Bonchev–Trinajstić information content (AvgIpc) is 2.36. The summed E-state index contributed by atoms with van der Waals surface area (Å²) in [5.74, 6) is -10.9. The lowest BCUT2D eigenvalue weighted by Gasteiger charge is -2.31. The highest BCUT2D eigenvalue weighted by molar-refractivity contribution is 5.59. The molecule has 1 aromatic carbocycles. The predicted molar refractivity (Wildman–Crippen MR) is 67.5 cm³/mol. The third kappa shape index (κ3) is 3.14. The molecule has 0 fully saturated rings. The fourth-order valence-corrected chi connectivity index (χ4v) is 1.97. The fraction of sp³-hybridized carbons (Fsp3) is 0.538. The summed E-state index contributed by atoms with van der Waals surface area (Å²) < 4.78 is 77.7. The van der Waals surface area contributed by atoms with Crippen LogP contribution in [-0.2, 0) is 5.92 Å². The summed E-state index contributed by atoms with van der Waals surface area (Å²) in [5, 5.41) is 20.0. The van der Waals surface area contributed by atoms with Crippen LogP contribution in [0.15, 0.2) is 12.1 Å². The van der Waals surface area contributed by atoms with E-state index in [1.165, 1.54) is 13.8 Å². The number of hydrogen-bond donors (Lipinski definition) is 3. The molecule has 9 heteroatoms. The van der Waals surface area contributed by atoms with E-state index in [2.05, 4.69) is 5.32 Å². The van der Waals surface area contributed by atoms with E-state index in [9.17, 15) is 26.3 Å². The summed E-state index contributed by atoms with van der Waals surface area (Å²) >= 11 is 0. The number of rotatable bonds is 5. The Morgan fingerprint density at radius 1 is 1.00 bits per heavy atom. The first-order valence-electron chi connectivity index (χ1n) is 6.18. The lowest BCUT2D eigenvalue weighted by atomic mass is 9.95. The third-order valence-electron chi connectivity index (χ3n) is 3.10. The number of nitrogens with one attached hydrogen (secondary N) is 1. The van der Waals surface area contributed by atoms with E-state index in [0.29, 0.717) is 17.8 Å². The molecule has 1 rings (SSSR count). The molecule has 0 aliphatic carbocycles. The smallest absolute Gasteiger partial charge is 0.395 e. The molecule has 22 heavy (non-hydrogen) atoms. The van der Waals surface area contributed by atoms with Crippen molar-refractivity contribution in [1.29, 1.82) is 0 Å². The van der Waals surface area contributed by atoms with Gasteiger partial charge in [-0.05, 0) is 37.1 Å². The van der Waals surface area contributed by atoms with Gasteiger partial charge in [0.1, 0.15) is 0 Å². The molecule has 0 amide bonds. The molecule has 1 aromatic rings. The van der Waals surface area contributed by atoms with Gasteiger partial charge in [0.2, 0.25) is 0 Å². The Hall–Kier alpha value is -1.48. The molecule has 0 spiro atoms. The Balaban J connectivity index is 3.33. The molecule has 0 bridgehead atoms. The maximum atomic E-state index is 13.8. The lowest BCUT2D eigenvalue weighted by molar-refractivity contribution is -0.390. The minimum absolute atomic E-state index is 0.104. The zero-order chi connectivity index (χ0) is 17.3. The molecular formula is C13H15F6NO2. The van der Waals surface area contributed by atoms with Crippen molar-refractivity contribution in [3.8, 4) is 0 Å². The second-order valence-electron chi connectivity index (χ2n) is 4.83. The summed E-state index contributed by atoms with van der Waals surface area (Å²) in [6, 6.07) is 1.31. The Morgan fingerprint density at radius 2 is 1.45 bits per heavy atom. The largest absolute Gasteiger partial charge is 0.455 e. The van der Waals surface area contributed by atoms with Gasteiger partial charge in [0.05, 0.1) is 6.61 Å². The molecule has 0 aromatic heterocycles. The molecule has 3 N–H and O–H groups in total. The van der Waals surface area contributed by atoms with Crippen molar-refractivity contribution >= 4 is 5.69 Å². The Kier molecular flexibility index (Phi) is 5.03. The summed E-state index contributed by atoms with van der Waals surface area (Å²) in [6.07, 6.45) is -6.15. The summed E-state index contributed by atoms with van der Waals surface area (Å²) in [7, 11) is 0. The van der Waals surface area contributed by atoms with Crippen molar-refractivity contribution in [3.05, 3.63) is 28.8 Å². The topological polar surface area (TPSA) is 52.5 Å². The van der Waals surface area contributed by atoms with Gasteiger partial charge in [0.25, 0.3) is 0 Å². The van der Waals surface area contributed by atoms with Crippen molar-refractivity contribution < 1.29 is 36.6 Å². The van der Waals surface area contributed by atoms with Crippen LogP contribution in [0.3, 0.4) is 0 Å². The van der Waals surface area contributed by atoms with Gasteiger partial charge in [-0.15, -0.1) is 0 Å². The minimum atomic E-state index is -6.15. The van der Waals surface area contributed by atoms with Crippen LogP contribution < -0.4 is 5.32 Å². The number of halogens is 6. The SMILES string of the molecule is Cc1cc(C(F)(F)C(O)(F)C(F)(F)F)cc(C)c1NCCO. The van der Waals surface area contributed by atoms with Crippen LogP contribution in [0.1, 0.15) is 16.7 Å². The standard InChI is InChI=1S/C13H15F6NO2/c1-7-5-9(6-8(2)10(7)20-3-4-21)11(14,15)12(16,22)13(17,18)19/h5-6,20-22H,3-4H2,1-2H3. The summed E-state index contributed by atoms with van der Waals surface area (Å²) in [6.45, 7) is 2.52. The van der Waals surface area contributed by atoms with Gasteiger partial charge in [-0.2, -0.15) is 26.3 Å². The van der Waals surface area contributed by atoms with Crippen LogP contribution in [0.2, 0.25) is 0 Å². The monoisotopic (exact) mass is 331 g/mol. The third-order valence-corrected chi connectivity index (χ3v) is 3.10. The second kappa shape index (κ2) is 5.96. The highest BCUT2D eigenvalue weighted by Gasteiger charge is 2.71. The highest BCUT2D eigenvalue weighted by atomic mass is 19.4. The van der Waals surface area contributed by atoms with E-state index >= 15 is 0 Å². The minimum Gasteiger partial charge on any atom is -0.395 e. The van der Waals surface area contributed by atoms with Gasteiger partial charge in [0.15, 0.2) is 0 Å². The van der Waals surface area contributed by atoms with Crippen LogP contribution in [-0.4, -0.2) is 35.4 Å². The fourth-order valence-electron chi connectivity index (χ4n) is 1.97. The molecule has 1 unspecified atom stereocenters. The molecule has 126 valence electrons. The first kappa shape index (κ1) is 18.6. The number of benzene rings is 1. The molecule has 1 atom stereocenters. The van der Waals surface area contributed by atoms with Gasteiger partial charge in [-0.3, -0.25) is 0 Å². The molecule has 3 nitrogen and oxygen atoms in total. The molecule has 0 saturated heterocycles. The van der Waals surface area contributed by atoms with Gasteiger partial charge >= 0.3 is 18.0 Å². The molecule has 0 radical (unpaired) electrons. The lowest BCUT2D eigenvalue weighted by Crippen LogP contribution is -2.53. The normalized spacial score (nSPS) is 15.5. The van der Waals surface area contributed by atoms with Crippen LogP contribution in [0.5, 0.6) is 0 Å². The molecule has 0 saturated carbocycles. The first-order chi connectivity index (χ1) is 9.86. The number of aryl methyl sites for hydroxylation is 2. The highest BCUT2D eigenvalue weighted by Crippen LogP contribution is 2.49. The molecule has 0 aliphatic rings. The Morgan fingerprint density at radius 3 is 1.82 bits per heavy atom. The van der Waals surface area contributed by atoms with Crippen molar-refractivity contribution in [3.63, 3.8) is 0 Å². The van der Waals surface area contributed by atoms with Crippen molar-refractivity contribution in [1.82, 2.24) is 0 Å². The van der Waals surface area contributed by atoms with Crippen LogP contribution in [0.25, 0.3) is 0 Å². The van der Waals surface area contributed by atoms with E-state index < -0.39 is 23.5 Å². The predicted octanol–water partition coefficient (Wildman–Crippen LogP) is 3.02. The molecular weight excluding hydrogens is 316 g/mol. The summed E-state index contributed by atoms with van der Waals surface area (Å²) in [4.78, 5) is 0. The van der Waals surface area contributed by atoms with Gasteiger partial charge in [0, 0.05) is 17.8 Å². The van der Waals surface area contributed by atoms with Crippen LogP contribution in [0.4, 0.5) is 32.0 Å². The maximum Gasteiger partial charge on any atom is 0.455 e. The van der Waals surface area contributed by atoms with Gasteiger partial charge in [-0.25, -0.2) is 0 Å². The number of alkyl halides is 6. The Labute approximate surface area is 122 Å². The van der Waals surface area contributed by atoms with Crippen LogP contribution in [0, 0.1) is 13.8 Å². The first-order valence-corrected chi connectivity index (χ1v) is 6.18. The molecule has 0 heterocycles. The van der Waals surface area contributed by atoms with Gasteiger partial charge in [-0.1, -0.05) is 0 Å². The van der Waals surface area contributed by atoms with E-state index in [1.54, 1.807) is 0 Å². The van der Waals surface area contributed by atoms with Crippen molar-refractivity contribution in [2.24, 2.45) is 0 Å². The van der Waals surface area contributed by atoms with E-state index in [4.69, 9.17) is 10.2 Å². The zero-order valence-electron chi connectivity index (χ0n) is 11.7. The number of anilines is 1. The number of hydrogen-bond acceptors (Lipinski definition) is 3. The quantitative estimate of drug-likeness (QED) is 0.727. The van der Waals surface area contributed by atoms with Crippen molar-refractivity contribution in [2.45, 2.75) is 31.8 Å². The second-order valence-corrected chi connectivity index (χ2v) is 4.83. The van der Waals surface area contributed by atoms with E-state index in [0.717, 1.165) is 0 Å². The van der Waals surface area contributed by atoms with E-state index in [1.807, 2.05) is 0 Å². The van der Waals surface area contributed by atoms with Crippen LogP contribution >= 0.6 is 0 Å². The molecule has 0 aliphatic heterocycles. The average molecular weight is 331 g/mol. The van der Waals surface area contributed by atoms with Crippen molar-refractivity contribution in [2.75, 3.05) is 18.5 Å². The maximum absolute atomic E-state index is 13.8. The van der Waals surface area contributed by atoms with E-state index in [-0.39, 0.29) is 24.3 Å². The number of aliphatic hydroxyl groups excluding tert-OH is 1. The summed E-state index contributed by atoms with van der Waals surface area (Å²) in [5.41, 5.74) is -0.704. The van der Waals surface area contributed by atoms with Gasteiger partial charge < -0.3 is 15.5 Å². The zero-order valence-corrected chi connectivity index (χ0v) is 11.7. The Bertz CT molecular complexity index is 519. The number of aliphatic hydroxyl groups is 2.